The van der Waals surface area contributed by atoms with Gasteiger partial charge in [0.05, 0.1) is 31.0 Å². The molecule has 2 atom stereocenters. The number of likely N-dealkylation sites (tertiary alicyclic amines) is 1. The molecule has 0 spiro atoms. The summed E-state index contributed by atoms with van der Waals surface area (Å²) in [4.78, 5) is 14.3. The molecule has 2 aliphatic rings. The lowest BCUT2D eigenvalue weighted by molar-refractivity contribution is -0.0502. The van der Waals surface area contributed by atoms with Gasteiger partial charge in [-0.3, -0.25) is 9.88 Å². The van der Waals surface area contributed by atoms with Crippen LogP contribution in [0.25, 0.3) is 0 Å². The first-order valence-corrected chi connectivity index (χ1v) is 10.6. The zero-order valence-electron chi connectivity index (χ0n) is 17.8. The number of nitrogens with zero attached hydrogens (tertiary/aromatic N) is 4. The van der Waals surface area contributed by atoms with Gasteiger partial charge in [-0.25, -0.2) is 4.99 Å². The molecule has 2 aromatic rings. The summed E-state index contributed by atoms with van der Waals surface area (Å²) in [5.74, 6) is 0.954. The Balaban J connectivity index is 0.00000256. The van der Waals surface area contributed by atoms with E-state index in [0.29, 0.717) is 12.6 Å². The predicted octanol–water partition coefficient (Wildman–Crippen LogP) is 3.06. The quantitative estimate of drug-likeness (QED) is 0.373. The third kappa shape index (κ3) is 5.50. The molecule has 1 N–H and O–H groups in total. The third-order valence-corrected chi connectivity index (χ3v) is 5.78. The monoisotopic (exact) mass is 521 g/mol. The van der Waals surface area contributed by atoms with Gasteiger partial charge in [0.25, 0.3) is 0 Å². The number of nitrogens with one attached hydrogen (secondary N) is 1. The van der Waals surface area contributed by atoms with Gasteiger partial charge in [0.2, 0.25) is 0 Å². The fourth-order valence-electron chi connectivity index (χ4n) is 4.21. The molecule has 1 aromatic heterocycles. The molecule has 30 heavy (non-hydrogen) atoms. The van der Waals surface area contributed by atoms with Gasteiger partial charge in [-0.1, -0.05) is 36.4 Å². The normalized spacial score (nSPS) is 21.8. The van der Waals surface area contributed by atoms with Crippen LogP contribution in [0, 0.1) is 6.92 Å². The standard InChI is InChI=1S/C23H31N5O.HI/c1-3-24-23(26-14-20-18(2)8-7-11-25-20)28-16-21-22(17-28)29-13-12-27(21)15-19-9-5-4-6-10-19;/h4-11,21-22H,3,12-17H2,1-2H3,(H,24,26);1H. The lowest BCUT2D eigenvalue weighted by atomic mass is 10.1. The molecule has 0 amide bonds. The average Bonchev–Trinajstić information content (AvgIpc) is 3.18. The number of aryl methyl sites for hydroxylation is 1. The first kappa shape index (κ1) is 23.0. The number of rotatable bonds is 5. The summed E-state index contributed by atoms with van der Waals surface area (Å²) in [6, 6.07) is 15.2. The zero-order chi connectivity index (χ0) is 20.1. The van der Waals surface area contributed by atoms with Gasteiger partial charge in [-0.15, -0.1) is 24.0 Å². The van der Waals surface area contributed by atoms with Crippen molar-refractivity contribution in [1.82, 2.24) is 20.1 Å². The molecule has 4 rings (SSSR count). The SMILES string of the molecule is CCNC(=NCc1ncccc1C)N1CC2OCCN(Cc3ccccc3)C2C1.I. The smallest absolute Gasteiger partial charge is 0.194 e. The van der Waals surface area contributed by atoms with Crippen LogP contribution < -0.4 is 5.32 Å². The van der Waals surface area contributed by atoms with Gasteiger partial charge in [-0.05, 0) is 31.0 Å². The predicted molar refractivity (Wildman–Crippen MR) is 131 cm³/mol. The molecule has 0 radical (unpaired) electrons. The summed E-state index contributed by atoms with van der Waals surface area (Å²) in [6.07, 6.45) is 2.07. The van der Waals surface area contributed by atoms with E-state index < -0.39 is 0 Å². The summed E-state index contributed by atoms with van der Waals surface area (Å²) in [6.45, 7) is 10.2. The number of ether oxygens (including phenoxy) is 1. The molecule has 0 bridgehead atoms. The number of fused-ring (bicyclic) bond motifs is 1. The number of hydrogen-bond acceptors (Lipinski definition) is 4. The highest BCUT2D eigenvalue weighted by Crippen LogP contribution is 2.24. The van der Waals surface area contributed by atoms with E-state index in [1.807, 2.05) is 12.3 Å². The number of hydrogen-bond donors (Lipinski definition) is 1. The van der Waals surface area contributed by atoms with Crippen molar-refractivity contribution in [3.63, 3.8) is 0 Å². The van der Waals surface area contributed by atoms with E-state index >= 15 is 0 Å². The minimum atomic E-state index is 0. The number of aliphatic imine (C=N–C) groups is 1. The number of guanidine groups is 1. The molecule has 162 valence electrons. The highest BCUT2D eigenvalue weighted by molar-refractivity contribution is 14.0. The Bertz CT molecular complexity index is 831. The lowest BCUT2D eigenvalue weighted by Crippen LogP contribution is -2.50. The van der Waals surface area contributed by atoms with E-state index in [4.69, 9.17) is 9.73 Å². The maximum absolute atomic E-state index is 6.13. The molecule has 3 heterocycles. The van der Waals surface area contributed by atoms with Gasteiger partial charge in [-0.2, -0.15) is 0 Å². The molecular weight excluding hydrogens is 489 g/mol. The van der Waals surface area contributed by atoms with Crippen molar-refractivity contribution < 1.29 is 4.74 Å². The van der Waals surface area contributed by atoms with Crippen LogP contribution in [0.5, 0.6) is 0 Å². The average molecular weight is 521 g/mol. The van der Waals surface area contributed by atoms with Crippen LogP contribution in [-0.2, 0) is 17.8 Å². The van der Waals surface area contributed by atoms with Crippen molar-refractivity contribution in [1.29, 1.82) is 0 Å². The second-order valence-corrected chi connectivity index (χ2v) is 7.77. The Morgan fingerprint density at radius 3 is 2.80 bits per heavy atom. The van der Waals surface area contributed by atoms with E-state index in [1.165, 1.54) is 11.1 Å². The Morgan fingerprint density at radius 2 is 2.03 bits per heavy atom. The van der Waals surface area contributed by atoms with Crippen molar-refractivity contribution in [2.45, 2.75) is 39.1 Å². The zero-order valence-corrected chi connectivity index (χ0v) is 20.2. The van der Waals surface area contributed by atoms with E-state index in [-0.39, 0.29) is 30.1 Å². The lowest BCUT2D eigenvalue weighted by Gasteiger charge is -2.36. The molecule has 2 aliphatic heterocycles. The maximum Gasteiger partial charge on any atom is 0.194 e. The van der Waals surface area contributed by atoms with E-state index in [2.05, 4.69) is 70.3 Å². The first-order valence-electron chi connectivity index (χ1n) is 10.6. The highest BCUT2D eigenvalue weighted by atomic mass is 127. The summed E-state index contributed by atoms with van der Waals surface area (Å²) in [7, 11) is 0. The van der Waals surface area contributed by atoms with Gasteiger partial charge in [0.15, 0.2) is 5.96 Å². The van der Waals surface area contributed by atoms with Crippen molar-refractivity contribution in [3.05, 3.63) is 65.5 Å². The van der Waals surface area contributed by atoms with Crippen LogP contribution in [0.3, 0.4) is 0 Å². The minimum Gasteiger partial charge on any atom is -0.373 e. The van der Waals surface area contributed by atoms with Crippen molar-refractivity contribution in [2.24, 2.45) is 4.99 Å². The van der Waals surface area contributed by atoms with Gasteiger partial charge in [0.1, 0.15) is 0 Å². The number of pyridine rings is 1. The Morgan fingerprint density at radius 1 is 1.20 bits per heavy atom. The fourth-order valence-corrected chi connectivity index (χ4v) is 4.21. The summed E-state index contributed by atoms with van der Waals surface area (Å²) < 4.78 is 6.13. The second-order valence-electron chi connectivity index (χ2n) is 7.77. The summed E-state index contributed by atoms with van der Waals surface area (Å²) in [5, 5.41) is 3.46. The molecule has 6 nitrogen and oxygen atoms in total. The van der Waals surface area contributed by atoms with Crippen LogP contribution in [0.4, 0.5) is 0 Å². The fraction of sp³-hybridized carbons (Fsp3) is 0.478. The van der Waals surface area contributed by atoms with Crippen LogP contribution >= 0.6 is 24.0 Å². The summed E-state index contributed by atoms with van der Waals surface area (Å²) in [5.41, 5.74) is 3.57. The summed E-state index contributed by atoms with van der Waals surface area (Å²) >= 11 is 0. The van der Waals surface area contributed by atoms with E-state index in [1.54, 1.807) is 0 Å². The molecule has 1 aromatic carbocycles. The van der Waals surface area contributed by atoms with Crippen molar-refractivity contribution >= 4 is 29.9 Å². The molecule has 2 saturated heterocycles. The Labute approximate surface area is 196 Å². The Kier molecular flexibility index (Phi) is 8.47. The number of benzene rings is 1. The van der Waals surface area contributed by atoms with E-state index in [0.717, 1.165) is 51.0 Å². The molecular formula is C23H32IN5O. The number of aromatic nitrogens is 1. The van der Waals surface area contributed by atoms with Crippen LogP contribution in [0.2, 0.25) is 0 Å². The largest absolute Gasteiger partial charge is 0.373 e. The van der Waals surface area contributed by atoms with Crippen molar-refractivity contribution in [2.75, 3.05) is 32.8 Å². The first-order chi connectivity index (χ1) is 14.2. The van der Waals surface area contributed by atoms with Crippen LogP contribution in [0.1, 0.15) is 23.7 Å². The third-order valence-electron chi connectivity index (χ3n) is 5.78. The van der Waals surface area contributed by atoms with Gasteiger partial charge >= 0.3 is 0 Å². The van der Waals surface area contributed by atoms with Gasteiger partial charge < -0.3 is 15.0 Å². The van der Waals surface area contributed by atoms with Crippen LogP contribution in [-0.4, -0.2) is 65.7 Å². The molecule has 0 saturated carbocycles. The number of halogens is 1. The maximum atomic E-state index is 6.13. The topological polar surface area (TPSA) is 53.0 Å². The van der Waals surface area contributed by atoms with E-state index in [9.17, 15) is 0 Å². The molecule has 2 unspecified atom stereocenters. The second kappa shape index (κ2) is 11.1. The minimum absolute atomic E-state index is 0. The molecule has 7 heteroatoms. The van der Waals surface area contributed by atoms with Crippen LogP contribution in [0.15, 0.2) is 53.7 Å². The van der Waals surface area contributed by atoms with Crippen molar-refractivity contribution in [3.8, 4) is 0 Å². The molecule has 2 fully saturated rings. The van der Waals surface area contributed by atoms with Gasteiger partial charge in [0, 0.05) is 38.9 Å². The molecule has 0 aliphatic carbocycles. The highest BCUT2D eigenvalue weighted by Gasteiger charge is 2.41. The Hall–Kier alpha value is -1.71. The number of morpholine rings is 1.